The first-order valence-electron chi connectivity index (χ1n) is 8.76. The molecule has 0 bridgehead atoms. The van der Waals surface area contributed by atoms with Crippen LogP contribution in [0.5, 0.6) is 0 Å². The molecule has 1 heterocycles. The highest BCUT2D eigenvalue weighted by Crippen LogP contribution is 2.37. The van der Waals surface area contributed by atoms with Crippen molar-refractivity contribution in [3.63, 3.8) is 0 Å². The molecule has 0 aliphatic carbocycles. The van der Waals surface area contributed by atoms with Gasteiger partial charge in [-0.3, -0.25) is 9.59 Å². The van der Waals surface area contributed by atoms with Gasteiger partial charge >= 0.3 is 0 Å². The Kier molecular flexibility index (Phi) is 5.97. The molecule has 2 amide bonds. The first-order chi connectivity index (χ1) is 14.4. The van der Waals surface area contributed by atoms with Crippen LogP contribution in [0.4, 0.5) is 11.4 Å². The van der Waals surface area contributed by atoms with Crippen LogP contribution in [0.3, 0.4) is 0 Å². The average molecular weight is 476 g/mol. The molecule has 3 aromatic carbocycles. The molecule has 0 atom stereocenters. The molecule has 4 rings (SSSR count). The van der Waals surface area contributed by atoms with Crippen LogP contribution < -0.4 is 10.6 Å². The number of hydrogen-bond donors (Lipinski definition) is 2. The number of rotatable bonds is 4. The van der Waals surface area contributed by atoms with Gasteiger partial charge in [-0.15, -0.1) is 11.3 Å². The third-order valence-electron chi connectivity index (χ3n) is 4.26. The Morgan fingerprint density at radius 1 is 0.733 bits per heavy atom. The molecule has 4 nitrogen and oxygen atoms in total. The van der Waals surface area contributed by atoms with Gasteiger partial charge in [0.25, 0.3) is 11.8 Å². The highest BCUT2D eigenvalue weighted by molar-refractivity contribution is 7.21. The van der Waals surface area contributed by atoms with E-state index in [-0.39, 0.29) is 11.8 Å². The fourth-order valence-corrected chi connectivity index (χ4v) is 4.76. The summed E-state index contributed by atoms with van der Waals surface area (Å²) in [7, 11) is 0. The fraction of sp³-hybridized carbons (Fsp3) is 0. The maximum atomic E-state index is 12.8. The van der Waals surface area contributed by atoms with Crippen LogP contribution in [0.1, 0.15) is 20.0 Å². The molecule has 4 aromatic rings. The fourth-order valence-electron chi connectivity index (χ4n) is 2.88. The molecule has 0 fully saturated rings. The molecular formula is C22H13Cl3N2O2S. The summed E-state index contributed by atoms with van der Waals surface area (Å²) in [5.74, 6) is -0.638. The summed E-state index contributed by atoms with van der Waals surface area (Å²) in [6, 6.07) is 18.8. The van der Waals surface area contributed by atoms with E-state index in [1.165, 1.54) is 11.3 Å². The smallest absolute Gasteiger partial charge is 0.267 e. The van der Waals surface area contributed by atoms with Gasteiger partial charge in [0.2, 0.25) is 0 Å². The minimum absolute atomic E-state index is 0.301. The third-order valence-corrected chi connectivity index (χ3v) is 6.39. The lowest BCUT2D eigenvalue weighted by Gasteiger charge is -2.09. The summed E-state index contributed by atoms with van der Waals surface area (Å²) in [4.78, 5) is 25.6. The summed E-state index contributed by atoms with van der Waals surface area (Å²) in [6.45, 7) is 0. The summed E-state index contributed by atoms with van der Waals surface area (Å²) in [5, 5.41) is 7.83. The van der Waals surface area contributed by atoms with Gasteiger partial charge < -0.3 is 10.6 Å². The van der Waals surface area contributed by atoms with Gasteiger partial charge in [-0.25, -0.2) is 0 Å². The van der Waals surface area contributed by atoms with Crippen LogP contribution in [-0.4, -0.2) is 11.8 Å². The van der Waals surface area contributed by atoms with Gasteiger partial charge in [0.15, 0.2) is 0 Å². The number of thiophene rings is 1. The van der Waals surface area contributed by atoms with Gasteiger partial charge in [-0.2, -0.15) is 0 Å². The second kappa shape index (κ2) is 8.66. The largest absolute Gasteiger partial charge is 0.322 e. The van der Waals surface area contributed by atoms with E-state index in [2.05, 4.69) is 10.6 Å². The van der Waals surface area contributed by atoms with Crippen LogP contribution in [0.2, 0.25) is 15.1 Å². The molecule has 0 unspecified atom stereocenters. The van der Waals surface area contributed by atoms with E-state index in [0.717, 1.165) is 10.1 Å². The van der Waals surface area contributed by atoms with E-state index in [0.29, 0.717) is 36.9 Å². The molecular weight excluding hydrogens is 463 g/mol. The first kappa shape index (κ1) is 20.7. The van der Waals surface area contributed by atoms with Crippen molar-refractivity contribution in [2.75, 3.05) is 10.6 Å². The highest BCUT2D eigenvalue weighted by atomic mass is 35.5. The zero-order valence-corrected chi connectivity index (χ0v) is 18.3. The lowest BCUT2D eigenvalue weighted by Crippen LogP contribution is -2.13. The molecule has 150 valence electrons. The van der Waals surface area contributed by atoms with Crippen molar-refractivity contribution in [3.8, 4) is 0 Å². The number of carbonyl (C=O) groups excluding carboxylic acids is 2. The van der Waals surface area contributed by atoms with Crippen molar-refractivity contribution in [3.05, 3.63) is 92.2 Å². The molecule has 0 aliphatic rings. The molecule has 1 aromatic heterocycles. The number of benzene rings is 3. The number of halogens is 3. The van der Waals surface area contributed by atoms with Gasteiger partial charge in [-0.1, -0.05) is 53.0 Å². The molecule has 30 heavy (non-hydrogen) atoms. The van der Waals surface area contributed by atoms with Crippen LogP contribution in [0.25, 0.3) is 10.1 Å². The molecule has 0 saturated carbocycles. The quantitative estimate of drug-likeness (QED) is 0.324. The second-order valence-electron chi connectivity index (χ2n) is 6.39. The number of fused-ring (bicyclic) bond motifs is 1. The summed E-state index contributed by atoms with van der Waals surface area (Å²) < 4.78 is 0.834. The second-order valence-corrected chi connectivity index (χ2v) is 8.69. The lowest BCUT2D eigenvalue weighted by molar-refractivity contribution is 0.102. The Morgan fingerprint density at radius 2 is 1.40 bits per heavy atom. The summed E-state index contributed by atoms with van der Waals surface area (Å²) in [6.07, 6.45) is 0. The number of anilines is 2. The molecule has 8 heteroatoms. The Bertz CT molecular complexity index is 1290. The Hall–Kier alpha value is -2.57. The Morgan fingerprint density at radius 3 is 2.13 bits per heavy atom. The number of hydrogen-bond acceptors (Lipinski definition) is 3. The third kappa shape index (κ3) is 4.45. The maximum absolute atomic E-state index is 12.8. The minimum Gasteiger partial charge on any atom is -0.322 e. The van der Waals surface area contributed by atoms with Gasteiger partial charge in [0.05, 0.1) is 5.02 Å². The monoisotopic (exact) mass is 474 g/mol. The Balaban J connectivity index is 1.52. The van der Waals surface area contributed by atoms with Crippen molar-refractivity contribution < 1.29 is 9.59 Å². The van der Waals surface area contributed by atoms with Crippen molar-refractivity contribution in [1.29, 1.82) is 0 Å². The van der Waals surface area contributed by atoms with Gasteiger partial charge in [0, 0.05) is 37.1 Å². The van der Waals surface area contributed by atoms with Crippen molar-refractivity contribution in [2.24, 2.45) is 0 Å². The van der Waals surface area contributed by atoms with Crippen LogP contribution >= 0.6 is 46.1 Å². The zero-order valence-electron chi connectivity index (χ0n) is 15.2. The van der Waals surface area contributed by atoms with Crippen molar-refractivity contribution in [2.45, 2.75) is 0 Å². The summed E-state index contributed by atoms with van der Waals surface area (Å²) in [5.41, 5.74) is 1.50. The SMILES string of the molecule is O=C(Nc1cccc(NC(=O)c2sc3cc(Cl)ccc3c2Cl)c1)c1cccc(Cl)c1. The molecule has 0 saturated heterocycles. The van der Waals surface area contributed by atoms with E-state index < -0.39 is 0 Å². The van der Waals surface area contributed by atoms with Crippen molar-refractivity contribution >= 4 is 79.4 Å². The number of amides is 2. The summed E-state index contributed by atoms with van der Waals surface area (Å²) >= 11 is 19.6. The van der Waals surface area contributed by atoms with Crippen LogP contribution in [0.15, 0.2) is 66.7 Å². The van der Waals surface area contributed by atoms with Gasteiger partial charge in [0.1, 0.15) is 4.88 Å². The van der Waals surface area contributed by atoms with Crippen LogP contribution in [-0.2, 0) is 0 Å². The molecule has 0 spiro atoms. The molecule has 0 radical (unpaired) electrons. The Labute approximate surface area is 191 Å². The van der Waals surface area contributed by atoms with E-state index in [1.807, 2.05) is 0 Å². The highest BCUT2D eigenvalue weighted by Gasteiger charge is 2.18. The van der Waals surface area contributed by atoms with E-state index >= 15 is 0 Å². The minimum atomic E-state index is -0.337. The first-order valence-corrected chi connectivity index (χ1v) is 10.7. The standard InChI is InChI=1S/C22H13Cl3N2O2S/c23-13-4-1-3-12(9-13)21(28)26-15-5-2-6-16(11-15)27-22(29)20-19(25)17-8-7-14(24)10-18(17)30-20/h1-11H,(H,26,28)(H,27,29). The molecule has 0 aliphatic heterocycles. The van der Waals surface area contributed by atoms with E-state index in [9.17, 15) is 9.59 Å². The van der Waals surface area contributed by atoms with Gasteiger partial charge in [-0.05, 0) is 48.5 Å². The van der Waals surface area contributed by atoms with E-state index in [4.69, 9.17) is 34.8 Å². The predicted octanol–water partition coefficient (Wildman–Crippen LogP) is 7.37. The molecule has 2 N–H and O–H groups in total. The topological polar surface area (TPSA) is 58.2 Å². The predicted molar refractivity (Wildman–Crippen MR) is 126 cm³/mol. The normalized spacial score (nSPS) is 10.8. The number of nitrogens with one attached hydrogen (secondary N) is 2. The van der Waals surface area contributed by atoms with Crippen LogP contribution in [0, 0.1) is 0 Å². The van der Waals surface area contributed by atoms with E-state index in [1.54, 1.807) is 66.7 Å². The zero-order chi connectivity index (χ0) is 21.3. The lowest BCUT2D eigenvalue weighted by atomic mass is 10.2. The van der Waals surface area contributed by atoms with Crippen molar-refractivity contribution in [1.82, 2.24) is 0 Å². The number of carbonyl (C=O) groups is 2. The average Bonchev–Trinajstić information content (AvgIpc) is 3.04. The maximum Gasteiger partial charge on any atom is 0.267 e.